The van der Waals surface area contributed by atoms with Crippen LogP contribution in [0.25, 0.3) is 22.4 Å². The highest BCUT2D eigenvalue weighted by Crippen LogP contribution is 2.35. The zero-order valence-corrected chi connectivity index (χ0v) is 18.0. The third-order valence-electron chi connectivity index (χ3n) is 4.76. The van der Waals surface area contributed by atoms with Crippen LogP contribution in [0.2, 0.25) is 0 Å². The fraction of sp³-hybridized carbons (Fsp3) is 0.350. The predicted octanol–water partition coefficient (Wildman–Crippen LogP) is 4.09. The van der Waals surface area contributed by atoms with Crippen molar-refractivity contribution < 1.29 is 21.6 Å². The molecular formula is C20H20F3N5O2S. The van der Waals surface area contributed by atoms with Gasteiger partial charge in [0, 0.05) is 11.4 Å². The number of aryl methyl sites for hydroxylation is 1. The van der Waals surface area contributed by atoms with Crippen LogP contribution >= 0.6 is 0 Å². The molecule has 0 saturated carbocycles. The molecule has 0 aliphatic heterocycles. The van der Waals surface area contributed by atoms with Crippen molar-refractivity contribution in [3.05, 3.63) is 41.7 Å². The van der Waals surface area contributed by atoms with Crippen LogP contribution < -0.4 is 4.72 Å². The molecule has 2 heterocycles. The van der Waals surface area contributed by atoms with Gasteiger partial charge in [-0.15, -0.1) is 0 Å². The van der Waals surface area contributed by atoms with Gasteiger partial charge in [0.05, 0.1) is 23.5 Å². The van der Waals surface area contributed by atoms with Crippen molar-refractivity contribution in [3.8, 4) is 17.6 Å². The van der Waals surface area contributed by atoms with Crippen molar-refractivity contribution in [1.29, 1.82) is 5.26 Å². The SMILES string of the molecule is Cc1ccc2c(C#N)c(-c3ncc(S(=O)(=O)NC(C)C(F)(F)F)cn3)n(C(C)C)c2c1. The lowest BCUT2D eigenvalue weighted by molar-refractivity contribution is -0.147. The maximum atomic E-state index is 12.7. The number of nitrogens with one attached hydrogen (secondary N) is 1. The molecule has 2 aromatic heterocycles. The zero-order chi connectivity index (χ0) is 23.1. The molecule has 0 bridgehead atoms. The zero-order valence-electron chi connectivity index (χ0n) is 17.2. The van der Waals surface area contributed by atoms with Crippen LogP contribution in [0.15, 0.2) is 35.5 Å². The summed E-state index contributed by atoms with van der Waals surface area (Å²) in [6.45, 7) is 6.48. The second kappa shape index (κ2) is 7.94. The number of benzene rings is 1. The Hall–Kier alpha value is -2.97. The average Bonchev–Trinajstić information content (AvgIpc) is 3.00. The van der Waals surface area contributed by atoms with Crippen molar-refractivity contribution >= 4 is 20.9 Å². The third kappa shape index (κ3) is 4.26. The summed E-state index contributed by atoms with van der Waals surface area (Å²) in [4.78, 5) is 7.64. The van der Waals surface area contributed by atoms with Crippen LogP contribution in [0.1, 0.15) is 37.9 Å². The van der Waals surface area contributed by atoms with E-state index < -0.39 is 27.1 Å². The minimum absolute atomic E-state index is 0.0669. The van der Waals surface area contributed by atoms with E-state index in [1.807, 2.05) is 43.5 Å². The van der Waals surface area contributed by atoms with Gasteiger partial charge in [0.15, 0.2) is 5.82 Å². The first-order valence-corrected chi connectivity index (χ1v) is 10.8. The fourth-order valence-electron chi connectivity index (χ4n) is 3.23. The van der Waals surface area contributed by atoms with Gasteiger partial charge in [-0.3, -0.25) is 0 Å². The van der Waals surface area contributed by atoms with Gasteiger partial charge in [0.25, 0.3) is 0 Å². The molecule has 1 N–H and O–H groups in total. The Morgan fingerprint density at radius 3 is 2.29 bits per heavy atom. The summed E-state index contributed by atoms with van der Waals surface area (Å²) in [5.41, 5.74) is 2.56. The first kappa shape index (κ1) is 22.7. The molecule has 1 atom stereocenters. The van der Waals surface area contributed by atoms with Crippen LogP contribution in [0.5, 0.6) is 0 Å². The van der Waals surface area contributed by atoms with E-state index in [4.69, 9.17) is 0 Å². The van der Waals surface area contributed by atoms with Gasteiger partial charge in [-0.2, -0.15) is 23.2 Å². The highest BCUT2D eigenvalue weighted by atomic mass is 32.2. The summed E-state index contributed by atoms with van der Waals surface area (Å²) >= 11 is 0. The lowest BCUT2D eigenvalue weighted by Crippen LogP contribution is -2.43. The maximum Gasteiger partial charge on any atom is 0.404 e. The van der Waals surface area contributed by atoms with Crippen molar-refractivity contribution in [2.75, 3.05) is 0 Å². The van der Waals surface area contributed by atoms with E-state index >= 15 is 0 Å². The quantitative estimate of drug-likeness (QED) is 0.630. The number of rotatable bonds is 5. The van der Waals surface area contributed by atoms with Gasteiger partial charge in [-0.1, -0.05) is 12.1 Å². The molecule has 11 heteroatoms. The third-order valence-corrected chi connectivity index (χ3v) is 6.26. The largest absolute Gasteiger partial charge is 0.404 e. The average molecular weight is 451 g/mol. The van der Waals surface area contributed by atoms with E-state index in [0.717, 1.165) is 23.5 Å². The van der Waals surface area contributed by atoms with E-state index in [-0.39, 0.29) is 11.9 Å². The second-order valence-electron chi connectivity index (χ2n) is 7.45. The standard InChI is InChI=1S/C20H20F3N5O2S/c1-11(2)28-17-7-12(3)5-6-15(17)16(8-24)18(28)19-25-9-14(10-26-19)31(29,30)27-13(4)20(21,22)23/h5-7,9-11,13,27H,1-4H3. The van der Waals surface area contributed by atoms with Gasteiger partial charge in [-0.25, -0.2) is 18.4 Å². The Morgan fingerprint density at radius 2 is 1.77 bits per heavy atom. The molecule has 3 rings (SSSR count). The summed E-state index contributed by atoms with van der Waals surface area (Å²) in [7, 11) is -4.48. The molecule has 1 unspecified atom stereocenters. The van der Waals surface area contributed by atoms with Gasteiger partial charge in [-0.05, 0) is 39.3 Å². The molecule has 0 saturated heterocycles. The Morgan fingerprint density at radius 1 is 1.16 bits per heavy atom. The first-order valence-electron chi connectivity index (χ1n) is 9.33. The van der Waals surface area contributed by atoms with E-state index in [1.165, 1.54) is 0 Å². The van der Waals surface area contributed by atoms with Crippen LogP contribution in [0, 0.1) is 18.3 Å². The van der Waals surface area contributed by atoms with Crippen LogP contribution in [-0.4, -0.2) is 35.2 Å². The summed E-state index contributed by atoms with van der Waals surface area (Å²) in [6, 6.07) is 5.46. The number of fused-ring (bicyclic) bond motifs is 1. The predicted molar refractivity (Wildman–Crippen MR) is 109 cm³/mol. The number of hydrogen-bond donors (Lipinski definition) is 1. The van der Waals surface area contributed by atoms with Gasteiger partial charge in [0.1, 0.15) is 22.7 Å². The molecule has 0 aliphatic carbocycles. The lowest BCUT2D eigenvalue weighted by atomic mass is 10.1. The number of aromatic nitrogens is 3. The van der Waals surface area contributed by atoms with Gasteiger partial charge in [0.2, 0.25) is 10.0 Å². The Bertz CT molecular complexity index is 1270. The fourth-order valence-corrected chi connectivity index (χ4v) is 4.35. The molecular weight excluding hydrogens is 431 g/mol. The smallest absolute Gasteiger partial charge is 0.334 e. The van der Waals surface area contributed by atoms with Gasteiger partial charge < -0.3 is 4.57 Å². The highest BCUT2D eigenvalue weighted by molar-refractivity contribution is 7.89. The molecule has 0 fully saturated rings. The highest BCUT2D eigenvalue weighted by Gasteiger charge is 2.39. The van der Waals surface area contributed by atoms with Crippen LogP contribution in [0.3, 0.4) is 0 Å². The molecule has 7 nitrogen and oxygen atoms in total. The Balaban J connectivity index is 2.11. The molecule has 164 valence electrons. The monoisotopic (exact) mass is 451 g/mol. The van der Waals surface area contributed by atoms with Gasteiger partial charge >= 0.3 is 6.18 Å². The topological polar surface area (TPSA) is 101 Å². The molecule has 3 aromatic rings. The number of hydrogen-bond acceptors (Lipinski definition) is 5. The van der Waals surface area contributed by atoms with Crippen molar-refractivity contribution in [2.24, 2.45) is 0 Å². The second-order valence-corrected chi connectivity index (χ2v) is 9.16. The number of nitriles is 1. The van der Waals surface area contributed by atoms with E-state index in [1.54, 1.807) is 4.72 Å². The minimum atomic E-state index is -4.73. The van der Waals surface area contributed by atoms with Crippen LogP contribution in [0.4, 0.5) is 13.2 Å². The summed E-state index contributed by atoms with van der Waals surface area (Å²) in [5, 5.41) is 10.5. The minimum Gasteiger partial charge on any atom is -0.334 e. The maximum absolute atomic E-state index is 12.7. The summed E-state index contributed by atoms with van der Waals surface area (Å²) in [5.74, 6) is 0.0990. The molecule has 0 radical (unpaired) electrons. The molecule has 1 aromatic carbocycles. The summed E-state index contributed by atoms with van der Waals surface area (Å²) in [6.07, 6.45) is -2.86. The Kier molecular flexibility index (Phi) is 5.82. The molecule has 0 amide bonds. The number of sulfonamides is 1. The summed E-state index contributed by atoms with van der Waals surface area (Å²) < 4.78 is 66.1. The number of halogens is 3. The van der Waals surface area contributed by atoms with E-state index in [2.05, 4.69) is 16.0 Å². The number of alkyl halides is 3. The first-order chi connectivity index (χ1) is 14.4. The van der Waals surface area contributed by atoms with Crippen LogP contribution in [-0.2, 0) is 10.0 Å². The van der Waals surface area contributed by atoms with E-state index in [9.17, 15) is 26.9 Å². The van der Waals surface area contributed by atoms with Crippen molar-refractivity contribution in [2.45, 2.75) is 50.9 Å². The van der Waals surface area contributed by atoms with Crippen molar-refractivity contribution in [3.63, 3.8) is 0 Å². The molecule has 0 spiro atoms. The molecule has 0 aliphatic rings. The van der Waals surface area contributed by atoms with E-state index in [0.29, 0.717) is 23.6 Å². The molecule has 31 heavy (non-hydrogen) atoms. The lowest BCUT2D eigenvalue weighted by Gasteiger charge is -2.17. The normalized spacial score (nSPS) is 13.5. The van der Waals surface area contributed by atoms with Crippen molar-refractivity contribution in [1.82, 2.24) is 19.3 Å². The number of nitrogens with zero attached hydrogens (tertiary/aromatic N) is 4. The Labute approximate surface area is 177 Å².